The fourth-order valence-corrected chi connectivity index (χ4v) is 2.26. The first-order chi connectivity index (χ1) is 13.1. The SMILES string of the molecule is CCNC(=NCc1ccc(NC(=O)NC(C)C)cc1)NCC(=O)NC(C)(C)C. The molecule has 0 aliphatic heterocycles. The highest BCUT2D eigenvalue weighted by Crippen LogP contribution is 2.10. The fraction of sp³-hybridized carbons (Fsp3) is 0.550. The van der Waals surface area contributed by atoms with Crippen LogP contribution in [0.2, 0.25) is 0 Å². The lowest BCUT2D eigenvalue weighted by atomic mass is 10.1. The van der Waals surface area contributed by atoms with E-state index in [1.165, 1.54) is 0 Å². The Hall–Kier alpha value is -2.77. The smallest absolute Gasteiger partial charge is 0.319 e. The zero-order valence-corrected chi connectivity index (χ0v) is 17.8. The van der Waals surface area contributed by atoms with Crippen LogP contribution in [0.25, 0.3) is 0 Å². The second-order valence-electron chi connectivity index (χ2n) is 7.80. The van der Waals surface area contributed by atoms with Crippen LogP contribution >= 0.6 is 0 Å². The molecule has 0 aliphatic carbocycles. The van der Waals surface area contributed by atoms with Crippen LogP contribution in [-0.4, -0.2) is 42.6 Å². The number of anilines is 1. The maximum atomic E-state index is 11.9. The van der Waals surface area contributed by atoms with Gasteiger partial charge in [0.05, 0.1) is 13.1 Å². The van der Waals surface area contributed by atoms with Gasteiger partial charge in [-0.25, -0.2) is 9.79 Å². The molecule has 28 heavy (non-hydrogen) atoms. The summed E-state index contributed by atoms with van der Waals surface area (Å²) in [5, 5.41) is 14.6. The average Bonchev–Trinajstić information content (AvgIpc) is 2.56. The van der Waals surface area contributed by atoms with Gasteiger partial charge in [-0.1, -0.05) is 12.1 Å². The summed E-state index contributed by atoms with van der Waals surface area (Å²) < 4.78 is 0. The van der Waals surface area contributed by atoms with Gasteiger partial charge in [-0.05, 0) is 59.2 Å². The maximum absolute atomic E-state index is 11.9. The molecule has 0 saturated heterocycles. The van der Waals surface area contributed by atoms with Crippen molar-refractivity contribution >= 4 is 23.6 Å². The molecule has 3 amide bonds. The van der Waals surface area contributed by atoms with Gasteiger partial charge in [0, 0.05) is 23.8 Å². The van der Waals surface area contributed by atoms with Crippen molar-refractivity contribution in [2.45, 2.75) is 59.7 Å². The largest absolute Gasteiger partial charge is 0.357 e. The molecule has 156 valence electrons. The zero-order valence-electron chi connectivity index (χ0n) is 17.8. The van der Waals surface area contributed by atoms with E-state index in [4.69, 9.17) is 0 Å². The molecule has 0 spiro atoms. The van der Waals surface area contributed by atoms with Crippen LogP contribution in [0.4, 0.5) is 10.5 Å². The number of hydrogen-bond donors (Lipinski definition) is 5. The lowest BCUT2D eigenvalue weighted by Crippen LogP contribution is -2.48. The quantitative estimate of drug-likeness (QED) is 0.363. The highest BCUT2D eigenvalue weighted by atomic mass is 16.2. The summed E-state index contributed by atoms with van der Waals surface area (Å²) in [6, 6.07) is 7.34. The van der Waals surface area contributed by atoms with Gasteiger partial charge in [-0.15, -0.1) is 0 Å². The van der Waals surface area contributed by atoms with Crippen LogP contribution < -0.4 is 26.6 Å². The molecule has 0 aromatic heterocycles. The molecular weight excluding hydrogens is 356 g/mol. The summed E-state index contributed by atoms with van der Waals surface area (Å²) in [7, 11) is 0. The Kier molecular flexibility index (Phi) is 9.27. The molecule has 8 heteroatoms. The summed E-state index contributed by atoms with van der Waals surface area (Å²) in [4.78, 5) is 28.1. The topological polar surface area (TPSA) is 107 Å². The summed E-state index contributed by atoms with van der Waals surface area (Å²) in [6.07, 6.45) is 0. The number of carbonyl (C=O) groups is 2. The lowest BCUT2D eigenvalue weighted by molar-refractivity contribution is -0.121. The van der Waals surface area contributed by atoms with Gasteiger partial charge < -0.3 is 26.6 Å². The molecular formula is C20H34N6O2. The first kappa shape index (κ1) is 23.3. The van der Waals surface area contributed by atoms with Gasteiger partial charge in [0.1, 0.15) is 0 Å². The number of guanidine groups is 1. The van der Waals surface area contributed by atoms with E-state index in [9.17, 15) is 9.59 Å². The summed E-state index contributed by atoms with van der Waals surface area (Å²) >= 11 is 0. The Balaban J connectivity index is 2.59. The standard InChI is InChI=1S/C20H34N6O2/c1-7-21-18(23-13-17(27)26-20(4,5)6)22-12-15-8-10-16(11-9-15)25-19(28)24-14(2)3/h8-11,14H,7,12-13H2,1-6H3,(H,26,27)(H2,21,22,23)(H2,24,25,28). The molecule has 0 unspecified atom stereocenters. The highest BCUT2D eigenvalue weighted by Gasteiger charge is 2.13. The first-order valence-electron chi connectivity index (χ1n) is 9.58. The minimum absolute atomic E-state index is 0.0797. The molecule has 0 fully saturated rings. The molecule has 1 aromatic rings. The number of urea groups is 1. The second kappa shape index (κ2) is 11.2. The van der Waals surface area contributed by atoms with E-state index in [0.717, 1.165) is 11.3 Å². The molecule has 0 bridgehead atoms. The molecule has 5 N–H and O–H groups in total. The molecule has 1 rings (SSSR count). The minimum atomic E-state index is -0.268. The van der Waals surface area contributed by atoms with E-state index < -0.39 is 0 Å². The summed E-state index contributed by atoms with van der Waals surface area (Å²) in [5.41, 5.74) is 1.44. The predicted octanol–water partition coefficient (Wildman–Crippen LogP) is 2.19. The van der Waals surface area contributed by atoms with E-state index >= 15 is 0 Å². The van der Waals surface area contributed by atoms with Gasteiger partial charge >= 0.3 is 6.03 Å². The zero-order chi connectivity index (χ0) is 21.2. The predicted molar refractivity (Wildman–Crippen MR) is 114 cm³/mol. The van der Waals surface area contributed by atoms with Crippen molar-refractivity contribution in [2.75, 3.05) is 18.4 Å². The molecule has 0 radical (unpaired) electrons. The van der Waals surface area contributed by atoms with Crippen LogP contribution in [0.5, 0.6) is 0 Å². The molecule has 0 aliphatic rings. The van der Waals surface area contributed by atoms with E-state index in [1.807, 2.05) is 65.8 Å². The van der Waals surface area contributed by atoms with Crippen LogP contribution in [-0.2, 0) is 11.3 Å². The van der Waals surface area contributed by atoms with Gasteiger partial charge in [-0.3, -0.25) is 4.79 Å². The number of nitrogens with zero attached hydrogens (tertiary/aromatic N) is 1. The van der Waals surface area contributed by atoms with E-state index in [2.05, 4.69) is 31.6 Å². The van der Waals surface area contributed by atoms with E-state index in [-0.39, 0.29) is 30.1 Å². The first-order valence-corrected chi connectivity index (χ1v) is 9.58. The third kappa shape index (κ3) is 10.4. The van der Waals surface area contributed by atoms with Crippen LogP contribution in [0.1, 0.15) is 47.1 Å². The van der Waals surface area contributed by atoms with Crippen molar-refractivity contribution < 1.29 is 9.59 Å². The van der Waals surface area contributed by atoms with Crippen molar-refractivity contribution in [3.05, 3.63) is 29.8 Å². The number of aliphatic imine (C=N–C) groups is 1. The number of rotatable bonds is 7. The van der Waals surface area contributed by atoms with Gasteiger partial charge in [-0.2, -0.15) is 0 Å². The number of benzene rings is 1. The third-order valence-corrected chi connectivity index (χ3v) is 3.33. The number of carbonyl (C=O) groups excluding carboxylic acids is 2. The van der Waals surface area contributed by atoms with Crippen molar-refractivity contribution in [1.82, 2.24) is 21.3 Å². The third-order valence-electron chi connectivity index (χ3n) is 3.33. The van der Waals surface area contributed by atoms with Crippen LogP contribution in [0, 0.1) is 0 Å². The van der Waals surface area contributed by atoms with Crippen LogP contribution in [0.15, 0.2) is 29.3 Å². The minimum Gasteiger partial charge on any atom is -0.357 e. The molecule has 8 nitrogen and oxygen atoms in total. The van der Waals surface area contributed by atoms with Crippen LogP contribution in [0.3, 0.4) is 0 Å². The average molecular weight is 391 g/mol. The monoisotopic (exact) mass is 390 g/mol. The molecule has 0 saturated carbocycles. The Morgan fingerprint density at radius 1 is 1.07 bits per heavy atom. The fourth-order valence-electron chi connectivity index (χ4n) is 2.26. The lowest BCUT2D eigenvalue weighted by Gasteiger charge is -2.21. The van der Waals surface area contributed by atoms with Crippen molar-refractivity contribution in [3.8, 4) is 0 Å². The molecule has 0 heterocycles. The molecule has 0 atom stereocenters. The Bertz CT molecular complexity index is 662. The van der Waals surface area contributed by atoms with Gasteiger partial charge in [0.15, 0.2) is 5.96 Å². The maximum Gasteiger partial charge on any atom is 0.319 e. The Morgan fingerprint density at radius 2 is 1.71 bits per heavy atom. The van der Waals surface area contributed by atoms with Crippen molar-refractivity contribution in [3.63, 3.8) is 0 Å². The van der Waals surface area contributed by atoms with Gasteiger partial charge in [0.2, 0.25) is 5.91 Å². The number of amides is 3. The van der Waals surface area contributed by atoms with E-state index in [1.54, 1.807) is 0 Å². The van der Waals surface area contributed by atoms with Crippen molar-refractivity contribution in [1.29, 1.82) is 0 Å². The second-order valence-corrected chi connectivity index (χ2v) is 7.80. The van der Waals surface area contributed by atoms with Crippen molar-refractivity contribution in [2.24, 2.45) is 4.99 Å². The number of hydrogen-bond acceptors (Lipinski definition) is 3. The summed E-state index contributed by atoms with van der Waals surface area (Å²) in [5.74, 6) is 0.485. The highest BCUT2D eigenvalue weighted by molar-refractivity contribution is 5.89. The number of nitrogens with one attached hydrogen (secondary N) is 5. The Morgan fingerprint density at radius 3 is 2.25 bits per heavy atom. The molecule has 1 aromatic carbocycles. The Labute approximate surface area is 168 Å². The van der Waals surface area contributed by atoms with Gasteiger partial charge in [0.25, 0.3) is 0 Å². The normalized spacial score (nSPS) is 11.8. The summed E-state index contributed by atoms with van der Waals surface area (Å²) in [6.45, 7) is 12.9. The van der Waals surface area contributed by atoms with E-state index in [0.29, 0.717) is 19.0 Å².